The van der Waals surface area contributed by atoms with Gasteiger partial charge in [0.1, 0.15) is 17.5 Å². The molecule has 4 nitrogen and oxygen atoms in total. The lowest BCUT2D eigenvalue weighted by Gasteiger charge is -2.36. The second-order valence-corrected chi connectivity index (χ2v) is 7.25. The minimum absolute atomic E-state index is 0.145. The lowest BCUT2D eigenvalue weighted by Crippen LogP contribution is -2.50. The summed E-state index contributed by atoms with van der Waals surface area (Å²) in [5.74, 6) is 1.39. The summed E-state index contributed by atoms with van der Waals surface area (Å²) < 4.78 is 11.3. The highest BCUT2D eigenvalue weighted by atomic mass is 16.6. The third kappa shape index (κ3) is 4.65. The van der Waals surface area contributed by atoms with Gasteiger partial charge in [-0.3, -0.25) is 0 Å². The first-order chi connectivity index (χ1) is 10.2. The number of ether oxygens (including phenoxy) is 2. The molecule has 122 valence electrons. The van der Waals surface area contributed by atoms with Crippen molar-refractivity contribution in [2.45, 2.75) is 71.1 Å². The maximum Gasteiger partial charge on any atom is 0.407 e. The monoisotopic (exact) mass is 305 g/mol. The van der Waals surface area contributed by atoms with Crippen molar-refractivity contribution in [1.82, 2.24) is 5.32 Å². The van der Waals surface area contributed by atoms with Gasteiger partial charge in [-0.15, -0.1) is 0 Å². The Labute approximate surface area is 133 Å². The van der Waals surface area contributed by atoms with Crippen LogP contribution in [0.2, 0.25) is 0 Å². The molecule has 0 unspecified atom stereocenters. The fourth-order valence-electron chi connectivity index (χ4n) is 2.50. The average molecular weight is 305 g/mol. The molecule has 1 amide bonds. The molecule has 1 aromatic carbocycles. The zero-order chi connectivity index (χ0) is 16.3. The van der Waals surface area contributed by atoms with Crippen molar-refractivity contribution >= 4 is 6.09 Å². The van der Waals surface area contributed by atoms with Crippen molar-refractivity contribution in [2.24, 2.45) is 0 Å². The normalized spacial score (nSPS) is 21.2. The van der Waals surface area contributed by atoms with Crippen LogP contribution in [0.5, 0.6) is 5.75 Å². The molecule has 4 heteroatoms. The van der Waals surface area contributed by atoms with Crippen LogP contribution in [0, 0.1) is 0 Å². The first-order valence-electron chi connectivity index (χ1n) is 7.99. The first kappa shape index (κ1) is 16.7. The maximum atomic E-state index is 11.7. The van der Waals surface area contributed by atoms with E-state index in [4.69, 9.17) is 9.47 Å². The Morgan fingerprint density at radius 3 is 2.45 bits per heavy atom. The average Bonchev–Trinajstić information content (AvgIpc) is 2.34. The van der Waals surface area contributed by atoms with E-state index < -0.39 is 5.60 Å². The summed E-state index contributed by atoms with van der Waals surface area (Å²) in [5, 5.41) is 2.88. The Balaban J connectivity index is 1.79. The maximum absolute atomic E-state index is 11.7. The van der Waals surface area contributed by atoms with Gasteiger partial charge in [-0.2, -0.15) is 0 Å². The molecule has 2 rings (SSSR count). The molecule has 0 aromatic heterocycles. The molecule has 1 N–H and O–H groups in total. The summed E-state index contributed by atoms with van der Waals surface area (Å²) in [5.41, 5.74) is 0.769. The van der Waals surface area contributed by atoms with Gasteiger partial charge in [0.15, 0.2) is 0 Å². The quantitative estimate of drug-likeness (QED) is 0.905. The SMILES string of the molecule is CC(C)c1ccccc1OC1CC(NC(=O)OC(C)(C)C)C1. The number of hydrogen-bond acceptors (Lipinski definition) is 3. The minimum Gasteiger partial charge on any atom is -0.490 e. The highest BCUT2D eigenvalue weighted by Gasteiger charge is 2.33. The highest BCUT2D eigenvalue weighted by molar-refractivity contribution is 5.68. The molecule has 1 aromatic rings. The topological polar surface area (TPSA) is 47.6 Å². The number of amides is 1. The summed E-state index contributed by atoms with van der Waals surface area (Å²) in [7, 11) is 0. The summed E-state index contributed by atoms with van der Waals surface area (Å²) in [4.78, 5) is 11.7. The molecule has 0 spiro atoms. The summed E-state index contributed by atoms with van der Waals surface area (Å²) in [6.45, 7) is 9.91. The molecule has 0 aliphatic heterocycles. The third-order valence-electron chi connectivity index (χ3n) is 3.65. The molecule has 1 saturated carbocycles. The Morgan fingerprint density at radius 2 is 1.86 bits per heavy atom. The van der Waals surface area contributed by atoms with Gasteiger partial charge in [-0.1, -0.05) is 32.0 Å². The number of carbonyl (C=O) groups is 1. The fourth-order valence-corrected chi connectivity index (χ4v) is 2.50. The van der Waals surface area contributed by atoms with Gasteiger partial charge in [0, 0.05) is 18.9 Å². The number of benzene rings is 1. The van der Waals surface area contributed by atoms with E-state index in [0.717, 1.165) is 18.6 Å². The van der Waals surface area contributed by atoms with E-state index in [1.54, 1.807) is 0 Å². The van der Waals surface area contributed by atoms with Crippen LogP contribution in [0.4, 0.5) is 4.79 Å². The summed E-state index contributed by atoms with van der Waals surface area (Å²) in [6, 6.07) is 8.30. The second-order valence-electron chi connectivity index (χ2n) is 7.25. The van der Waals surface area contributed by atoms with Crippen molar-refractivity contribution in [3.8, 4) is 5.75 Å². The number of carbonyl (C=O) groups excluding carboxylic acids is 1. The van der Waals surface area contributed by atoms with Gasteiger partial charge in [0.25, 0.3) is 0 Å². The van der Waals surface area contributed by atoms with Crippen LogP contribution in [-0.4, -0.2) is 23.8 Å². The number of rotatable bonds is 4. The highest BCUT2D eigenvalue weighted by Crippen LogP contribution is 2.31. The van der Waals surface area contributed by atoms with Crippen molar-refractivity contribution in [1.29, 1.82) is 0 Å². The molecule has 0 heterocycles. The first-order valence-corrected chi connectivity index (χ1v) is 7.99. The third-order valence-corrected chi connectivity index (χ3v) is 3.65. The van der Waals surface area contributed by atoms with Gasteiger partial charge in [0.05, 0.1) is 0 Å². The molecule has 0 bridgehead atoms. The number of alkyl carbamates (subject to hydrolysis) is 1. The van der Waals surface area contributed by atoms with E-state index in [2.05, 4.69) is 25.2 Å². The van der Waals surface area contributed by atoms with Crippen molar-refractivity contribution in [3.05, 3.63) is 29.8 Å². The van der Waals surface area contributed by atoms with E-state index >= 15 is 0 Å². The summed E-state index contributed by atoms with van der Waals surface area (Å²) in [6.07, 6.45) is 1.47. The van der Waals surface area contributed by atoms with E-state index in [0.29, 0.717) is 5.92 Å². The molecule has 1 aliphatic carbocycles. The predicted octanol–water partition coefficient (Wildman–Crippen LogP) is 4.24. The van der Waals surface area contributed by atoms with Crippen LogP contribution in [0.25, 0.3) is 0 Å². The van der Waals surface area contributed by atoms with Crippen LogP contribution in [0.3, 0.4) is 0 Å². The lowest BCUT2D eigenvalue weighted by atomic mass is 9.89. The standard InChI is InChI=1S/C18H27NO3/c1-12(2)15-8-6-7-9-16(15)21-14-10-13(11-14)19-17(20)22-18(3,4)5/h6-9,12-14H,10-11H2,1-5H3,(H,19,20). The van der Waals surface area contributed by atoms with Crippen LogP contribution < -0.4 is 10.1 Å². The van der Waals surface area contributed by atoms with Gasteiger partial charge in [0.2, 0.25) is 0 Å². The van der Waals surface area contributed by atoms with Gasteiger partial charge in [-0.05, 0) is 38.3 Å². The molecule has 22 heavy (non-hydrogen) atoms. The predicted molar refractivity (Wildman–Crippen MR) is 87.3 cm³/mol. The molecular formula is C18H27NO3. The minimum atomic E-state index is -0.458. The molecule has 0 saturated heterocycles. The smallest absolute Gasteiger partial charge is 0.407 e. The Hall–Kier alpha value is -1.71. The van der Waals surface area contributed by atoms with Gasteiger partial charge >= 0.3 is 6.09 Å². The van der Waals surface area contributed by atoms with Crippen LogP contribution >= 0.6 is 0 Å². The van der Waals surface area contributed by atoms with Gasteiger partial charge < -0.3 is 14.8 Å². The van der Waals surface area contributed by atoms with E-state index in [1.165, 1.54) is 5.56 Å². The lowest BCUT2D eigenvalue weighted by molar-refractivity contribution is 0.0361. The summed E-state index contributed by atoms with van der Waals surface area (Å²) >= 11 is 0. The fraction of sp³-hybridized carbons (Fsp3) is 0.611. The zero-order valence-corrected chi connectivity index (χ0v) is 14.2. The largest absolute Gasteiger partial charge is 0.490 e. The number of hydrogen-bond donors (Lipinski definition) is 1. The Kier molecular flexibility index (Phi) is 4.99. The van der Waals surface area contributed by atoms with E-state index in [-0.39, 0.29) is 18.2 Å². The van der Waals surface area contributed by atoms with E-state index in [9.17, 15) is 4.79 Å². The zero-order valence-electron chi connectivity index (χ0n) is 14.2. The van der Waals surface area contributed by atoms with Crippen LogP contribution in [-0.2, 0) is 4.74 Å². The molecule has 1 fully saturated rings. The Bertz CT molecular complexity index is 513. The van der Waals surface area contributed by atoms with Crippen molar-refractivity contribution < 1.29 is 14.3 Å². The van der Waals surface area contributed by atoms with Gasteiger partial charge in [-0.25, -0.2) is 4.79 Å². The number of para-hydroxylation sites is 1. The molecular weight excluding hydrogens is 278 g/mol. The Morgan fingerprint density at radius 1 is 1.23 bits per heavy atom. The molecule has 1 aliphatic rings. The molecule has 0 radical (unpaired) electrons. The van der Waals surface area contributed by atoms with Crippen molar-refractivity contribution in [3.63, 3.8) is 0 Å². The molecule has 0 atom stereocenters. The number of nitrogens with one attached hydrogen (secondary N) is 1. The van der Waals surface area contributed by atoms with Crippen LogP contribution in [0.15, 0.2) is 24.3 Å². The van der Waals surface area contributed by atoms with Crippen LogP contribution in [0.1, 0.15) is 58.9 Å². The second kappa shape index (κ2) is 6.59. The van der Waals surface area contributed by atoms with Crippen molar-refractivity contribution in [2.75, 3.05) is 0 Å². The van der Waals surface area contributed by atoms with E-state index in [1.807, 2.05) is 39.0 Å².